The third-order valence-corrected chi connectivity index (χ3v) is 4.84. The smallest absolute Gasteiger partial charge is 0.225 e. The quantitative estimate of drug-likeness (QED) is 0.516. The van der Waals surface area contributed by atoms with Gasteiger partial charge < -0.3 is 9.72 Å². The van der Waals surface area contributed by atoms with E-state index in [0.29, 0.717) is 5.56 Å². The van der Waals surface area contributed by atoms with Crippen molar-refractivity contribution in [3.63, 3.8) is 0 Å². The van der Waals surface area contributed by atoms with Crippen molar-refractivity contribution < 1.29 is 13.6 Å². The summed E-state index contributed by atoms with van der Waals surface area (Å²) < 4.78 is 29.7. The summed E-state index contributed by atoms with van der Waals surface area (Å²) in [5.41, 5.74) is 3.33. The van der Waals surface area contributed by atoms with E-state index in [0.717, 1.165) is 16.9 Å². The number of hydrogen-bond acceptors (Lipinski definition) is 2. The molecule has 0 fully saturated rings. The first-order chi connectivity index (χ1) is 14.0. The topological polar surface area (TPSA) is 46.4 Å². The van der Waals surface area contributed by atoms with Crippen LogP contribution in [0.15, 0.2) is 73.1 Å². The number of carbonyl (C=O) groups is 1. The van der Waals surface area contributed by atoms with E-state index in [1.165, 1.54) is 24.3 Å². The first kappa shape index (κ1) is 18.8. The van der Waals surface area contributed by atoms with Gasteiger partial charge in [-0.05, 0) is 54.4 Å². The zero-order chi connectivity index (χ0) is 20.4. The lowest BCUT2D eigenvalue weighted by atomic mass is 9.92. The van der Waals surface area contributed by atoms with Crippen molar-refractivity contribution in [1.29, 1.82) is 0 Å². The van der Waals surface area contributed by atoms with Crippen LogP contribution in [0.25, 0.3) is 5.65 Å². The number of anilines is 1. The number of aryl methyl sites for hydroxylation is 1. The highest BCUT2D eigenvalue weighted by atomic mass is 19.1. The summed E-state index contributed by atoms with van der Waals surface area (Å²) in [5, 5.41) is 2.61. The molecule has 29 heavy (non-hydrogen) atoms. The Kier molecular flexibility index (Phi) is 5.08. The predicted molar refractivity (Wildman–Crippen MR) is 108 cm³/mol. The molecule has 146 valence electrons. The maximum absolute atomic E-state index is 13.9. The van der Waals surface area contributed by atoms with Crippen LogP contribution in [0.4, 0.5) is 14.5 Å². The Balaban J connectivity index is 1.71. The third kappa shape index (κ3) is 4.01. The number of benzene rings is 2. The van der Waals surface area contributed by atoms with Gasteiger partial charge in [0.25, 0.3) is 0 Å². The minimum atomic E-state index is -0.506. The molecule has 1 atom stereocenters. The second kappa shape index (κ2) is 7.83. The van der Waals surface area contributed by atoms with Crippen molar-refractivity contribution in [2.75, 3.05) is 5.32 Å². The average molecular weight is 391 g/mol. The van der Waals surface area contributed by atoms with Crippen molar-refractivity contribution in [1.82, 2.24) is 9.38 Å². The molecule has 0 aliphatic rings. The van der Waals surface area contributed by atoms with E-state index < -0.39 is 11.7 Å². The second-order valence-electron chi connectivity index (χ2n) is 6.96. The van der Waals surface area contributed by atoms with Crippen LogP contribution in [-0.4, -0.2) is 15.3 Å². The van der Waals surface area contributed by atoms with E-state index in [4.69, 9.17) is 0 Å². The molecule has 0 bridgehead atoms. The number of fused-ring (bicyclic) bond motifs is 1. The molecule has 1 unspecified atom stereocenters. The normalized spacial score (nSPS) is 12.1. The van der Waals surface area contributed by atoms with Gasteiger partial charge in [-0.3, -0.25) is 4.79 Å². The third-order valence-electron chi connectivity index (χ3n) is 4.84. The molecule has 4 nitrogen and oxygen atoms in total. The Labute approximate surface area is 166 Å². The summed E-state index contributed by atoms with van der Waals surface area (Å²) in [5.74, 6) is -1.71. The van der Waals surface area contributed by atoms with E-state index in [2.05, 4.69) is 10.3 Å². The molecule has 0 spiro atoms. The summed E-state index contributed by atoms with van der Waals surface area (Å²) in [4.78, 5) is 17.1. The number of pyridine rings is 1. The summed E-state index contributed by atoms with van der Waals surface area (Å²) >= 11 is 0. The lowest BCUT2D eigenvalue weighted by molar-refractivity contribution is -0.116. The minimum absolute atomic E-state index is 0.0134. The molecule has 1 amide bonds. The maximum Gasteiger partial charge on any atom is 0.225 e. The molecule has 0 aliphatic heterocycles. The molecule has 4 aromatic rings. The zero-order valence-corrected chi connectivity index (χ0v) is 15.8. The fourth-order valence-corrected chi connectivity index (χ4v) is 3.43. The van der Waals surface area contributed by atoms with Gasteiger partial charge in [0.2, 0.25) is 5.91 Å². The monoisotopic (exact) mass is 391 g/mol. The number of rotatable bonds is 5. The first-order valence-electron chi connectivity index (χ1n) is 9.25. The van der Waals surface area contributed by atoms with Gasteiger partial charge in [-0.1, -0.05) is 24.3 Å². The van der Waals surface area contributed by atoms with Crippen LogP contribution in [-0.2, 0) is 4.79 Å². The lowest BCUT2D eigenvalue weighted by Crippen LogP contribution is -2.18. The van der Waals surface area contributed by atoms with Crippen LogP contribution in [0.3, 0.4) is 0 Å². The van der Waals surface area contributed by atoms with Crippen molar-refractivity contribution in [3.05, 3.63) is 102 Å². The fraction of sp³-hybridized carbons (Fsp3) is 0.130. The molecule has 1 N–H and O–H groups in total. The van der Waals surface area contributed by atoms with Gasteiger partial charge in [-0.25, -0.2) is 13.8 Å². The summed E-state index contributed by atoms with van der Waals surface area (Å²) in [6.45, 7) is 1.97. The Morgan fingerprint density at radius 2 is 1.93 bits per heavy atom. The van der Waals surface area contributed by atoms with E-state index in [1.807, 2.05) is 29.7 Å². The van der Waals surface area contributed by atoms with Crippen LogP contribution >= 0.6 is 0 Å². The van der Waals surface area contributed by atoms with Gasteiger partial charge in [-0.15, -0.1) is 0 Å². The molecule has 0 saturated heterocycles. The van der Waals surface area contributed by atoms with Gasteiger partial charge in [0.15, 0.2) is 0 Å². The Morgan fingerprint density at radius 1 is 1.10 bits per heavy atom. The standard InChI is InChI=1S/C23H19F2N3O/c1-15-9-10-28-21(14-26-22(28)11-15)18(16-5-4-6-17(24)12-16)13-23(29)27-20-8-3-2-7-19(20)25/h2-12,14,18H,13H2,1H3,(H,27,29). The van der Waals surface area contributed by atoms with E-state index >= 15 is 0 Å². The van der Waals surface area contributed by atoms with Crippen molar-refractivity contribution in [2.24, 2.45) is 0 Å². The fourth-order valence-electron chi connectivity index (χ4n) is 3.43. The lowest BCUT2D eigenvalue weighted by Gasteiger charge is -2.18. The molecule has 2 heterocycles. The molecule has 6 heteroatoms. The van der Waals surface area contributed by atoms with Gasteiger partial charge in [0.05, 0.1) is 11.4 Å². The van der Waals surface area contributed by atoms with Crippen LogP contribution < -0.4 is 5.32 Å². The number of aromatic nitrogens is 2. The van der Waals surface area contributed by atoms with Crippen LogP contribution in [0, 0.1) is 18.6 Å². The summed E-state index contributed by atoms with van der Waals surface area (Å²) in [6.07, 6.45) is 3.59. The van der Waals surface area contributed by atoms with Gasteiger partial charge in [0, 0.05) is 24.7 Å². The minimum Gasteiger partial charge on any atom is -0.324 e. The molecule has 0 radical (unpaired) electrons. The SMILES string of the molecule is Cc1ccn2c(C(CC(=O)Nc3ccccc3F)c3cccc(F)c3)cnc2c1. The van der Waals surface area contributed by atoms with E-state index in [9.17, 15) is 13.6 Å². The molecular weight excluding hydrogens is 372 g/mol. The molecule has 0 aliphatic carbocycles. The molecule has 2 aromatic carbocycles. The van der Waals surface area contributed by atoms with E-state index in [-0.39, 0.29) is 23.8 Å². The number of imidazole rings is 1. The Bertz CT molecular complexity index is 1190. The van der Waals surface area contributed by atoms with Gasteiger partial charge in [0.1, 0.15) is 17.3 Å². The highest BCUT2D eigenvalue weighted by molar-refractivity contribution is 5.91. The van der Waals surface area contributed by atoms with Gasteiger partial charge >= 0.3 is 0 Å². The Morgan fingerprint density at radius 3 is 2.72 bits per heavy atom. The molecule has 2 aromatic heterocycles. The summed E-state index contributed by atoms with van der Waals surface area (Å²) in [7, 11) is 0. The number of para-hydroxylation sites is 1. The molecule has 0 saturated carbocycles. The van der Waals surface area contributed by atoms with E-state index in [1.54, 1.807) is 30.5 Å². The zero-order valence-electron chi connectivity index (χ0n) is 15.8. The number of halogens is 2. The van der Waals surface area contributed by atoms with Crippen LogP contribution in [0.5, 0.6) is 0 Å². The number of nitrogens with one attached hydrogen (secondary N) is 1. The van der Waals surface area contributed by atoms with Crippen molar-refractivity contribution >= 4 is 17.2 Å². The number of amides is 1. The maximum atomic E-state index is 13.9. The highest BCUT2D eigenvalue weighted by Gasteiger charge is 2.23. The number of nitrogens with zero attached hydrogens (tertiary/aromatic N) is 2. The predicted octanol–water partition coefficient (Wildman–Crippen LogP) is 5.08. The van der Waals surface area contributed by atoms with Gasteiger partial charge in [-0.2, -0.15) is 0 Å². The summed E-state index contributed by atoms with van der Waals surface area (Å²) in [6, 6.07) is 16.0. The van der Waals surface area contributed by atoms with Crippen LogP contribution in [0.2, 0.25) is 0 Å². The number of hydrogen-bond donors (Lipinski definition) is 1. The average Bonchev–Trinajstić information content (AvgIpc) is 3.10. The highest BCUT2D eigenvalue weighted by Crippen LogP contribution is 2.30. The Hall–Kier alpha value is -3.54. The molecule has 4 rings (SSSR count). The first-order valence-corrected chi connectivity index (χ1v) is 9.25. The van der Waals surface area contributed by atoms with Crippen molar-refractivity contribution in [2.45, 2.75) is 19.3 Å². The van der Waals surface area contributed by atoms with Crippen molar-refractivity contribution in [3.8, 4) is 0 Å². The molecular formula is C23H19F2N3O. The number of carbonyl (C=O) groups excluding carboxylic acids is 1. The van der Waals surface area contributed by atoms with Crippen LogP contribution in [0.1, 0.15) is 29.2 Å². The largest absolute Gasteiger partial charge is 0.324 e. The second-order valence-corrected chi connectivity index (χ2v) is 6.96.